The molecule has 1 nitrogen and oxygen atoms in total. The summed E-state index contributed by atoms with van der Waals surface area (Å²) in [6.07, 6.45) is 10.6. The molecule has 0 atom stereocenters. The summed E-state index contributed by atoms with van der Waals surface area (Å²) in [6.45, 7) is 8.53. The van der Waals surface area contributed by atoms with Gasteiger partial charge in [-0.2, -0.15) is 0 Å². The molecule has 0 aromatic carbocycles. The molecule has 0 unspecified atom stereocenters. The van der Waals surface area contributed by atoms with Crippen LogP contribution in [0.5, 0.6) is 0 Å². The molecule has 0 amide bonds. The van der Waals surface area contributed by atoms with Gasteiger partial charge in [-0.1, -0.05) is 26.0 Å². The zero-order valence-electron chi connectivity index (χ0n) is 8.76. The standard InChI is InChI=1S/C12H21N/c1-3-5-9-12(8-4-2)13-10-6-7-11-13/h4,8H,2-3,5-7,9-11H2,1H3/b12-8+. The van der Waals surface area contributed by atoms with Gasteiger partial charge in [-0.25, -0.2) is 0 Å². The smallest absolute Gasteiger partial charge is 0.0175 e. The normalized spacial score (nSPS) is 17.9. The highest BCUT2D eigenvalue weighted by atomic mass is 15.1. The van der Waals surface area contributed by atoms with Gasteiger partial charge in [0.25, 0.3) is 0 Å². The number of unbranched alkanes of at least 4 members (excludes halogenated alkanes) is 1. The van der Waals surface area contributed by atoms with Gasteiger partial charge < -0.3 is 4.90 Å². The van der Waals surface area contributed by atoms with Crippen LogP contribution in [-0.2, 0) is 0 Å². The summed E-state index contributed by atoms with van der Waals surface area (Å²) in [5.41, 5.74) is 1.49. The molecule has 1 rings (SSSR count). The fraction of sp³-hybridized carbons (Fsp3) is 0.667. The summed E-state index contributed by atoms with van der Waals surface area (Å²) >= 11 is 0. The predicted octanol–water partition coefficient (Wildman–Crippen LogP) is 3.34. The molecule has 0 bridgehead atoms. The van der Waals surface area contributed by atoms with Crippen LogP contribution in [0.1, 0.15) is 39.0 Å². The van der Waals surface area contributed by atoms with Crippen molar-refractivity contribution in [1.82, 2.24) is 4.90 Å². The lowest BCUT2D eigenvalue weighted by atomic mass is 10.2. The van der Waals surface area contributed by atoms with Gasteiger partial charge in [-0.15, -0.1) is 0 Å². The number of rotatable bonds is 5. The van der Waals surface area contributed by atoms with Crippen LogP contribution in [0.3, 0.4) is 0 Å². The Kier molecular flexibility index (Phi) is 4.66. The van der Waals surface area contributed by atoms with Crippen molar-refractivity contribution in [3.63, 3.8) is 0 Å². The number of nitrogens with zero attached hydrogens (tertiary/aromatic N) is 1. The van der Waals surface area contributed by atoms with E-state index in [2.05, 4.69) is 24.5 Å². The molecule has 1 heteroatoms. The van der Waals surface area contributed by atoms with E-state index in [1.807, 2.05) is 6.08 Å². The van der Waals surface area contributed by atoms with Gasteiger partial charge in [0.1, 0.15) is 0 Å². The van der Waals surface area contributed by atoms with Gasteiger partial charge in [0.2, 0.25) is 0 Å². The van der Waals surface area contributed by atoms with E-state index in [1.165, 1.54) is 50.9 Å². The van der Waals surface area contributed by atoms with Crippen molar-refractivity contribution in [2.24, 2.45) is 0 Å². The maximum Gasteiger partial charge on any atom is 0.0175 e. The molecule has 0 N–H and O–H groups in total. The highest BCUT2D eigenvalue weighted by Gasteiger charge is 2.13. The SMILES string of the molecule is C=C/C=C(\CCCC)N1CCCC1. The fourth-order valence-corrected chi connectivity index (χ4v) is 1.85. The van der Waals surface area contributed by atoms with Crippen LogP contribution < -0.4 is 0 Å². The van der Waals surface area contributed by atoms with E-state index in [-0.39, 0.29) is 0 Å². The summed E-state index contributed by atoms with van der Waals surface area (Å²) in [5, 5.41) is 0. The monoisotopic (exact) mass is 179 g/mol. The Morgan fingerprint density at radius 1 is 1.38 bits per heavy atom. The second-order valence-corrected chi connectivity index (χ2v) is 3.69. The molecule has 0 aromatic heterocycles. The molecule has 0 spiro atoms. The number of likely N-dealkylation sites (tertiary alicyclic amines) is 1. The number of hydrogen-bond acceptors (Lipinski definition) is 1. The Hall–Kier alpha value is -0.720. The lowest BCUT2D eigenvalue weighted by Crippen LogP contribution is -2.18. The van der Waals surface area contributed by atoms with Gasteiger partial charge in [0.05, 0.1) is 0 Å². The summed E-state index contributed by atoms with van der Waals surface area (Å²) in [4.78, 5) is 2.51. The van der Waals surface area contributed by atoms with Crippen LogP contribution in [-0.4, -0.2) is 18.0 Å². The van der Waals surface area contributed by atoms with Crippen LogP contribution in [0, 0.1) is 0 Å². The van der Waals surface area contributed by atoms with E-state index in [4.69, 9.17) is 0 Å². The van der Waals surface area contributed by atoms with Crippen molar-refractivity contribution in [2.75, 3.05) is 13.1 Å². The van der Waals surface area contributed by atoms with Crippen molar-refractivity contribution < 1.29 is 0 Å². The topological polar surface area (TPSA) is 3.24 Å². The Morgan fingerprint density at radius 3 is 2.62 bits per heavy atom. The van der Waals surface area contributed by atoms with Gasteiger partial charge in [0.15, 0.2) is 0 Å². The van der Waals surface area contributed by atoms with Crippen LogP contribution in [0.2, 0.25) is 0 Å². The fourth-order valence-electron chi connectivity index (χ4n) is 1.85. The van der Waals surface area contributed by atoms with Gasteiger partial charge in [-0.3, -0.25) is 0 Å². The average Bonchev–Trinajstić information content (AvgIpc) is 2.65. The quantitative estimate of drug-likeness (QED) is 0.585. The maximum atomic E-state index is 3.78. The van der Waals surface area contributed by atoms with Crippen molar-refractivity contribution in [2.45, 2.75) is 39.0 Å². The second-order valence-electron chi connectivity index (χ2n) is 3.69. The van der Waals surface area contributed by atoms with E-state index < -0.39 is 0 Å². The summed E-state index contributed by atoms with van der Waals surface area (Å²) in [6, 6.07) is 0. The van der Waals surface area contributed by atoms with Crippen LogP contribution >= 0.6 is 0 Å². The molecular formula is C12H21N. The first-order chi connectivity index (χ1) is 6.38. The molecule has 1 fully saturated rings. The molecule has 0 aliphatic carbocycles. The first-order valence-corrected chi connectivity index (χ1v) is 5.45. The Labute approximate surface area is 82.1 Å². The maximum absolute atomic E-state index is 3.78. The third-order valence-electron chi connectivity index (χ3n) is 2.61. The third kappa shape index (κ3) is 3.25. The van der Waals surface area contributed by atoms with Crippen LogP contribution in [0.25, 0.3) is 0 Å². The molecule has 1 aliphatic heterocycles. The minimum Gasteiger partial charge on any atom is -0.375 e. The van der Waals surface area contributed by atoms with Gasteiger partial charge >= 0.3 is 0 Å². The highest BCUT2D eigenvalue weighted by molar-refractivity contribution is 5.10. The minimum atomic E-state index is 1.22. The molecule has 74 valence electrons. The van der Waals surface area contributed by atoms with Crippen molar-refractivity contribution in [3.8, 4) is 0 Å². The summed E-state index contributed by atoms with van der Waals surface area (Å²) in [5.74, 6) is 0. The minimum absolute atomic E-state index is 1.22. The zero-order valence-corrected chi connectivity index (χ0v) is 8.76. The largest absolute Gasteiger partial charge is 0.375 e. The third-order valence-corrected chi connectivity index (χ3v) is 2.61. The molecule has 1 heterocycles. The molecule has 0 aromatic rings. The number of allylic oxidation sites excluding steroid dienone is 3. The summed E-state index contributed by atoms with van der Waals surface area (Å²) < 4.78 is 0. The van der Waals surface area contributed by atoms with E-state index >= 15 is 0 Å². The first kappa shape index (κ1) is 10.4. The lowest BCUT2D eigenvalue weighted by molar-refractivity contribution is 0.404. The first-order valence-electron chi connectivity index (χ1n) is 5.45. The molecule has 0 radical (unpaired) electrons. The van der Waals surface area contributed by atoms with Crippen molar-refractivity contribution in [3.05, 3.63) is 24.4 Å². The van der Waals surface area contributed by atoms with E-state index in [0.29, 0.717) is 0 Å². The molecule has 0 saturated carbocycles. The van der Waals surface area contributed by atoms with E-state index in [1.54, 1.807) is 0 Å². The lowest BCUT2D eigenvalue weighted by Gasteiger charge is -2.21. The predicted molar refractivity (Wildman–Crippen MR) is 58.6 cm³/mol. The Bertz CT molecular complexity index is 176. The zero-order chi connectivity index (χ0) is 9.52. The van der Waals surface area contributed by atoms with E-state index in [9.17, 15) is 0 Å². The average molecular weight is 179 g/mol. The van der Waals surface area contributed by atoms with Crippen LogP contribution in [0.15, 0.2) is 24.4 Å². The second kappa shape index (κ2) is 5.85. The molecule has 1 aliphatic rings. The van der Waals surface area contributed by atoms with Gasteiger partial charge in [-0.05, 0) is 31.8 Å². The van der Waals surface area contributed by atoms with Gasteiger partial charge in [0, 0.05) is 18.8 Å². The molecule has 13 heavy (non-hydrogen) atoms. The summed E-state index contributed by atoms with van der Waals surface area (Å²) in [7, 11) is 0. The Morgan fingerprint density at radius 2 is 2.08 bits per heavy atom. The Balaban J connectivity index is 2.45. The van der Waals surface area contributed by atoms with Crippen molar-refractivity contribution in [1.29, 1.82) is 0 Å². The van der Waals surface area contributed by atoms with Crippen molar-refractivity contribution >= 4 is 0 Å². The molecule has 1 saturated heterocycles. The number of hydrogen-bond donors (Lipinski definition) is 0. The van der Waals surface area contributed by atoms with Crippen LogP contribution in [0.4, 0.5) is 0 Å². The molecular weight excluding hydrogens is 158 g/mol. The van der Waals surface area contributed by atoms with E-state index in [0.717, 1.165) is 0 Å². The highest BCUT2D eigenvalue weighted by Crippen LogP contribution is 2.19.